The summed E-state index contributed by atoms with van der Waals surface area (Å²) >= 11 is 0. The molecule has 5 unspecified atom stereocenters. The van der Waals surface area contributed by atoms with Gasteiger partial charge in [-0.15, -0.1) is 0 Å². The molecule has 0 spiro atoms. The van der Waals surface area contributed by atoms with Crippen molar-refractivity contribution in [3.63, 3.8) is 0 Å². The topological polar surface area (TPSA) is 40.5 Å². The third kappa shape index (κ3) is 3.96. The zero-order chi connectivity index (χ0) is 22.6. The minimum Gasteiger partial charge on any atom is -0.393 e. The van der Waals surface area contributed by atoms with E-state index in [-0.39, 0.29) is 12.2 Å². The summed E-state index contributed by atoms with van der Waals surface area (Å²) in [5, 5.41) is 21.7. The van der Waals surface area contributed by atoms with Crippen molar-refractivity contribution in [3.05, 3.63) is 12.2 Å². The highest BCUT2D eigenvalue weighted by Crippen LogP contribution is 2.68. The quantitative estimate of drug-likeness (QED) is 0.468. The average Bonchev–Trinajstić information content (AvgIpc) is 3.06. The second-order valence-electron chi connectivity index (χ2n) is 13.0. The highest BCUT2D eigenvalue weighted by Gasteiger charge is 2.62. The van der Waals surface area contributed by atoms with E-state index in [9.17, 15) is 10.2 Å². The molecule has 4 aliphatic rings. The first-order valence-corrected chi connectivity index (χ1v) is 13.7. The van der Waals surface area contributed by atoms with Crippen molar-refractivity contribution in [2.75, 3.05) is 0 Å². The summed E-state index contributed by atoms with van der Waals surface area (Å²) in [5.41, 5.74) is 0.711. The largest absolute Gasteiger partial charge is 0.393 e. The molecule has 0 heterocycles. The molecule has 0 amide bonds. The molecule has 11 atom stereocenters. The van der Waals surface area contributed by atoms with Crippen molar-refractivity contribution in [3.8, 4) is 0 Å². The van der Waals surface area contributed by atoms with Crippen molar-refractivity contribution in [1.29, 1.82) is 0 Å². The lowest BCUT2D eigenvalue weighted by Gasteiger charge is -2.62. The van der Waals surface area contributed by atoms with Crippen LogP contribution in [-0.4, -0.2) is 22.4 Å². The molecule has 31 heavy (non-hydrogen) atoms. The van der Waals surface area contributed by atoms with Gasteiger partial charge >= 0.3 is 0 Å². The Morgan fingerprint density at radius 3 is 2.23 bits per heavy atom. The summed E-state index contributed by atoms with van der Waals surface area (Å²) in [6.45, 7) is 14.6. The molecule has 4 fully saturated rings. The Morgan fingerprint density at radius 1 is 0.871 bits per heavy atom. The molecule has 4 aliphatic carbocycles. The van der Waals surface area contributed by atoms with E-state index in [1.807, 2.05) is 0 Å². The van der Waals surface area contributed by atoms with E-state index in [1.54, 1.807) is 0 Å². The molecule has 0 aromatic heterocycles. The van der Waals surface area contributed by atoms with Crippen LogP contribution >= 0.6 is 0 Å². The molecule has 2 N–H and O–H groups in total. The molecule has 0 bridgehead atoms. The Balaban J connectivity index is 1.53. The van der Waals surface area contributed by atoms with Gasteiger partial charge in [-0.05, 0) is 116 Å². The van der Waals surface area contributed by atoms with Gasteiger partial charge in [-0.3, -0.25) is 0 Å². The molecule has 178 valence electrons. The van der Waals surface area contributed by atoms with Gasteiger partial charge < -0.3 is 10.2 Å². The summed E-state index contributed by atoms with van der Waals surface area (Å²) in [6.07, 6.45) is 15.2. The second kappa shape index (κ2) is 8.79. The van der Waals surface area contributed by atoms with Crippen LogP contribution in [0.25, 0.3) is 0 Å². The molecular weight excluding hydrogens is 380 g/mol. The number of hydrogen-bond acceptors (Lipinski definition) is 2. The maximum absolute atomic E-state index is 11.4. The fourth-order valence-corrected chi connectivity index (χ4v) is 9.39. The number of hydrogen-bond donors (Lipinski definition) is 2. The van der Waals surface area contributed by atoms with Crippen LogP contribution < -0.4 is 0 Å². The minimum atomic E-state index is -0.159. The van der Waals surface area contributed by atoms with Gasteiger partial charge in [0.1, 0.15) is 0 Å². The highest BCUT2D eigenvalue weighted by molar-refractivity contribution is 5.13. The molecule has 0 aliphatic heterocycles. The van der Waals surface area contributed by atoms with E-state index in [4.69, 9.17) is 0 Å². The molecular formula is C29H50O2. The van der Waals surface area contributed by atoms with Crippen LogP contribution in [0.4, 0.5) is 0 Å². The second-order valence-corrected chi connectivity index (χ2v) is 13.0. The number of fused-ring (bicyclic) bond motifs is 5. The summed E-state index contributed by atoms with van der Waals surface area (Å²) in [5.74, 6) is 5.13. The lowest BCUT2D eigenvalue weighted by molar-refractivity contribution is -0.173. The van der Waals surface area contributed by atoms with Crippen LogP contribution in [0.15, 0.2) is 12.2 Å². The van der Waals surface area contributed by atoms with Crippen molar-refractivity contribution in [2.45, 2.75) is 112 Å². The van der Waals surface area contributed by atoms with Gasteiger partial charge in [-0.25, -0.2) is 0 Å². The van der Waals surface area contributed by atoms with E-state index in [1.165, 1.54) is 32.1 Å². The summed E-state index contributed by atoms with van der Waals surface area (Å²) in [4.78, 5) is 0. The van der Waals surface area contributed by atoms with E-state index in [2.05, 4.69) is 53.7 Å². The summed E-state index contributed by atoms with van der Waals surface area (Å²) < 4.78 is 0. The van der Waals surface area contributed by atoms with Crippen LogP contribution in [0, 0.1) is 58.2 Å². The number of aliphatic hydroxyl groups excluding tert-OH is 2. The normalized spacial score (nSPS) is 49.5. The Kier molecular flexibility index (Phi) is 6.75. The fourth-order valence-electron chi connectivity index (χ4n) is 9.39. The molecule has 2 heteroatoms. The third-order valence-corrected chi connectivity index (χ3v) is 11.4. The zero-order valence-electron chi connectivity index (χ0n) is 21.2. The lowest BCUT2D eigenvalue weighted by atomic mass is 9.43. The Labute approximate surface area is 192 Å². The first-order valence-electron chi connectivity index (χ1n) is 13.7. The van der Waals surface area contributed by atoms with E-state index < -0.39 is 0 Å². The maximum atomic E-state index is 11.4. The van der Waals surface area contributed by atoms with Gasteiger partial charge in [0.15, 0.2) is 0 Å². The molecule has 0 saturated heterocycles. The maximum Gasteiger partial charge on any atom is 0.0577 e. The molecule has 4 saturated carbocycles. The lowest BCUT2D eigenvalue weighted by Crippen LogP contribution is -2.58. The summed E-state index contributed by atoms with van der Waals surface area (Å²) in [6, 6.07) is 0. The third-order valence-electron chi connectivity index (χ3n) is 11.4. The number of allylic oxidation sites excluding steroid dienone is 2. The van der Waals surface area contributed by atoms with Gasteiger partial charge in [-0.2, -0.15) is 0 Å². The molecule has 0 radical (unpaired) electrons. The van der Waals surface area contributed by atoms with Crippen molar-refractivity contribution < 1.29 is 10.2 Å². The van der Waals surface area contributed by atoms with Crippen LogP contribution in [-0.2, 0) is 0 Å². The average molecular weight is 431 g/mol. The molecule has 4 rings (SSSR count). The molecule has 0 aromatic carbocycles. The van der Waals surface area contributed by atoms with Gasteiger partial charge in [0.05, 0.1) is 12.2 Å². The van der Waals surface area contributed by atoms with Crippen molar-refractivity contribution >= 4 is 0 Å². The monoisotopic (exact) mass is 430 g/mol. The Bertz CT molecular complexity index is 655. The summed E-state index contributed by atoms with van der Waals surface area (Å²) in [7, 11) is 0. The van der Waals surface area contributed by atoms with E-state index in [0.29, 0.717) is 46.3 Å². The molecule has 0 aromatic rings. The highest BCUT2D eigenvalue weighted by atomic mass is 16.3. The zero-order valence-corrected chi connectivity index (χ0v) is 21.2. The minimum absolute atomic E-state index is 0.142. The van der Waals surface area contributed by atoms with Crippen LogP contribution in [0.5, 0.6) is 0 Å². The van der Waals surface area contributed by atoms with Gasteiger partial charge in [0.2, 0.25) is 0 Å². The van der Waals surface area contributed by atoms with Crippen LogP contribution in [0.2, 0.25) is 0 Å². The fraction of sp³-hybridized carbons (Fsp3) is 0.931. The first-order chi connectivity index (χ1) is 14.6. The molecule has 2 nitrogen and oxygen atoms in total. The predicted molar refractivity (Wildman–Crippen MR) is 130 cm³/mol. The Hall–Kier alpha value is -0.340. The first kappa shape index (κ1) is 23.8. The standard InChI is InChI=1S/C29H50O2/c1-7-20(18(2)3)9-8-19(4)23-10-11-24-27-25(13-15-29(23,24)6)28(5)14-12-22(30)16-21(28)17-26(27)31/h8-9,18-27,30-31H,7,10-17H2,1-6H3/t19?,20?,21-,22+,23-,24?,25?,26-,27?,28+,29-/m1/s1. The number of rotatable bonds is 5. The van der Waals surface area contributed by atoms with E-state index in [0.717, 1.165) is 37.5 Å². The Morgan fingerprint density at radius 2 is 1.55 bits per heavy atom. The van der Waals surface area contributed by atoms with Crippen molar-refractivity contribution in [1.82, 2.24) is 0 Å². The smallest absolute Gasteiger partial charge is 0.0577 e. The SMILES string of the molecule is CCC(C=CC(C)[C@H]1CCC2C3C(CC[C@@]21C)[C@@]1(C)CC[C@H](O)C[C@@H]1C[C@H]3O)C(C)C. The van der Waals surface area contributed by atoms with Crippen LogP contribution in [0.1, 0.15) is 99.3 Å². The predicted octanol–water partition coefficient (Wildman–Crippen LogP) is 6.85. The van der Waals surface area contributed by atoms with Crippen LogP contribution in [0.3, 0.4) is 0 Å². The van der Waals surface area contributed by atoms with Gasteiger partial charge in [0.25, 0.3) is 0 Å². The number of aliphatic hydroxyl groups is 2. The van der Waals surface area contributed by atoms with Crippen molar-refractivity contribution in [2.24, 2.45) is 58.2 Å². The van der Waals surface area contributed by atoms with Gasteiger partial charge in [0, 0.05) is 0 Å². The van der Waals surface area contributed by atoms with E-state index >= 15 is 0 Å². The van der Waals surface area contributed by atoms with Gasteiger partial charge in [-0.1, -0.05) is 53.7 Å².